The van der Waals surface area contributed by atoms with Gasteiger partial charge in [-0.25, -0.2) is 0 Å². The highest BCUT2D eigenvalue weighted by Gasteiger charge is 2.45. The number of nitrogens with zero attached hydrogens (tertiary/aromatic N) is 4. The summed E-state index contributed by atoms with van der Waals surface area (Å²) in [5, 5.41) is 3.71. The number of furan rings is 1. The summed E-state index contributed by atoms with van der Waals surface area (Å²) in [6, 6.07) is 65.6. The van der Waals surface area contributed by atoms with Gasteiger partial charge in [-0.3, -0.25) is 0 Å². The average Bonchev–Trinajstić information content (AvgIpc) is 3.99. The molecular weight excluding hydrogens is 702 g/mol. The van der Waals surface area contributed by atoms with Crippen LogP contribution in [0.4, 0.5) is 33.6 Å². The molecule has 0 aliphatic carbocycles. The van der Waals surface area contributed by atoms with E-state index in [0.717, 1.165) is 28.2 Å². The zero-order valence-corrected chi connectivity index (χ0v) is 31.9. The first-order chi connectivity index (χ1) is 27.6. The molecule has 0 radical (unpaired) electrons. The van der Waals surface area contributed by atoms with Gasteiger partial charge in [0, 0.05) is 26.8 Å². The van der Waals surface area contributed by atoms with E-state index in [4.69, 9.17) is 4.42 Å². The van der Waals surface area contributed by atoms with E-state index in [1.54, 1.807) is 0 Å². The number of anilines is 6. The largest absolute Gasteiger partial charge is 0.439 e. The Morgan fingerprint density at radius 2 is 0.964 bits per heavy atom. The van der Waals surface area contributed by atoms with Crippen molar-refractivity contribution in [1.29, 1.82) is 0 Å². The molecule has 0 N–H and O–H groups in total. The summed E-state index contributed by atoms with van der Waals surface area (Å²) in [6.45, 7) is -0.0336. The molecule has 0 spiro atoms. The molecule has 7 aromatic carbocycles. The molecule has 266 valence electrons. The van der Waals surface area contributed by atoms with Crippen LogP contribution in [0.1, 0.15) is 0 Å². The molecule has 8 heteroatoms. The molecule has 2 aliphatic heterocycles. The molecule has 0 unspecified atom stereocenters. The number of benzene rings is 7. The minimum Gasteiger partial charge on any atom is -0.439 e. The van der Waals surface area contributed by atoms with Crippen molar-refractivity contribution >= 4 is 90.9 Å². The van der Waals surface area contributed by atoms with Crippen molar-refractivity contribution in [3.05, 3.63) is 182 Å². The molecule has 11 rings (SSSR count). The fraction of sp³-hybridized carbons (Fsp3) is 0.0417. The molecule has 4 heterocycles. The van der Waals surface area contributed by atoms with Crippen LogP contribution in [0.5, 0.6) is 0 Å². The lowest BCUT2D eigenvalue weighted by Crippen LogP contribution is -2.53. The van der Waals surface area contributed by atoms with Gasteiger partial charge in [0.15, 0.2) is 0 Å². The summed E-state index contributed by atoms with van der Waals surface area (Å²) in [7, 11) is 4.36. The zero-order valence-electron chi connectivity index (χ0n) is 31.1. The maximum atomic E-state index is 6.48. The predicted molar refractivity (Wildman–Crippen MR) is 240 cm³/mol. The lowest BCUT2D eigenvalue weighted by molar-refractivity contribution is 0.624. The monoisotopic (exact) mass is 738 g/mol. The normalized spacial score (nSPS) is 13.7. The molecule has 5 nitrogen and oxygen atoms in total. The standard InChI is InChI=1S/C48H36B2N4OS/c1-51-47-45(41-23-9-11-25-43(41)55-47)53(39-19-5-3-6-20-39)49(51)37-17-13-15-35(31-37)33-27-29-34(30-28-33)36-16-14-18-38(32-36)50-52(2)48-46(42-24-10-12-26-44(42)56-48)54(50)40-21-7-4-8-22-40/h3-32H,1-2H3. The highest BCUT2D eigenvalue weighted by molar-refractivity contribution is 7.25. The van der Waals surface area contributed by atoms with Gasteiger partial charge in [0.05, 0.1) is 5.69 Å². The zero-order chi connectivity index (χ0) is 37.3. The first-order valence-electron chi connectivity index (χ1n) is 19.1. The topological polar surface area (TPSA) is 26.1 Å². The van der Waals surface area contributed by atoms with E-state index in [1.165, 1.54) is 59.6 Å². The fourth-order valence-corrected chi connectivity index (χ4v) is 10.0. The van der Waals surface area contributed by atoms with Gasteiger partial charge in [0.25, 0.3) is 0 Å². The third kappa shape index (κ3) is 5.10. The highest BCUT2D eigenvalue weighted by Crippen LogP contribution is 2.52. The van der Waals surface area contributed by atoms with Crippen LogP contribution in [0, 0.1) is 0 Å². The lowest BCUT2D eigenvalue weighted by Gasteiger charge is -2.28. The number of para-hydroxylation sites is 3. The van der Waals surface area contributed by atoms with Gasteiger partial charge in [0.2, 0.25) is 5.88 Å². The van der Waals surface area contributed by atoms with Crippen molar-refractivity contribution in [2.45, 2.75) is 0 Å². The van der Waals surface area contributed by atoms with Gasteiger partial charge in [-0.15, -0.1) is 11.3 Å². The van der Waals surface area contributed by atoms with E-state index >= 15 is 0 Å². The summed E-state index contributed by atoms with van der Waals surface area (Å²) in [4.78, 5) is 9.63. The van der Waals surface area contributed by atoms with E-state index in [1.807, 2.05) is 23.5 Å². The van der Waals surface area contributed by atoms with Gasteiger partial charge in [0.1, 0.15) is 16.3 Å². The third-order valence-electron chi connectivity index (χ3n) is 11.4. The maximum Gasteiger partial charge on any atom is 0.418 e. The van der Waals surface area contributed by atoms with Gasteiger partial charge in [-0.1, -0.05) is 140 Å². The third-order valence-corrected chi connectivity index (χ3v) is 12.7. The van der Waals surface area contributed by atoms with E-state index in [-0.39, 0.29) is 14.0 Å². The van der Waals surface area contributed by atoms with Crippen LogP contribution in [-0.4, -0.2) is 28.1 Å². The molecule has 9 aromatic rings. The molecule has 0 amide bonds. The summed E-state index contributed by atoms with van der Waals surface area (Å²) < 4.78 is 7.79. The number of hydrogen-bond acceptors (Lipinski definition) is 6. The molecule has 56 heavy (non-hydrogen) atoms. The molecular formula is C48H36B2N4OS. The molecule has 0 fully saturated rings. The molecule has 2 aliphatic rings. The first kappa shape index (κ1) is 32.8. The van der Waals surface area contributed by atoms with E-state index in [9.17, 15) is 0 Å². The molecule has 0 bridgehead atoms. The Morgan fingerprint density at radius 1 is 0.446 bits per heavy atom. The Hall–Kier alpha value is -6.63. The van der Waals surface area contributed by atoms with Gasteiger partial charge >= 0.3 is 14.0 Å². The lowest BCUT2D eigenvalue weighted by atomic mass is 9.64. The number of rotatable bonds is 6. The van der Waals surface area contributed by atoms with Crippen LogP contribution in [0.25, 0.3) is 43.3 Å². The molecule has 0 atom stereocenters. The van der Waals surface area contributed by atoms with Crippen molar-refractivity contribution in [3.63, 3.8) is 0 Å². The summed E-state index contributed by atoms with van der Waals surface area (Å²) in [5.41, 5.74) is 12.8. The van der Waals surface area contributed by atoms with E-state index in [2.05, 4.69) is 203 Å². The fourth-order valence-electron chi connectivity index (χ4n) is 8.87. The molecule has 2 aromatic heterocycles. The van der Waals surface area contributed by atoms with E-state index < -0.39 is 0 Å². The summed E-state index contributed by atoms with van der Waals surface area (Å²) in [6.07, 6.45) is 0. The minimum atomic E-state index is -0.0652. The Bertz CT molecular complexity index is 2700. The second kappa shape index (κ2) is 13.0. The van der Waals surface area contributed by atoms with Crippen molar-refractivity contribution in [2.24, 2.45) is 0 Å². The number of fused-ring (bicyclic) bond motifs is 6. The van der Waals surface area contributed by atoms with Crippen molar-refractivity contribution in [2.75, 3.05) is 33.3 Å². The van der Waals surface area contributed by atoms with Crippen LogP contribution in [0.2, 0.25) is 0 Å². The Balaban J connectivity index is 0.922. The SMILES string of the molecule is CN1B(c2cccc(-c3ccc(-c4cccc(B5N(C)c6sc7ccccc7c6N5c5ccccc5)c4)cc3)c2)N(c2ccccc2)c2c1oc1ccccc21. The van der Waals surface area contributed by atoms with Crippen molar-refractivity contribution in [3.8, 4) is 22.3 Å². The van der Waals surface area contributed by atoms with Gasteiger partial charge < -0.3 is 23.7 Å². The van der Waals surface area contributed by atoms with Crippen LogP contribution < -0.4 is 30.2 Å². The first-order valence-corrected chi connectivity index (χ1v) is 19.9. The van der Waals surface area contributed by atoms with Gasteiger partial charge in [-0.2, -0.15) is 0 Å². The quantitative estimate of drug-likeness (QED) is 0.158. The smallest absolute Gasteiger partial charge is 0.418 e. The Kier molecular flexibility index (Phi) is 7.61. The van der Waals surface area contributed by atoms with Crippen LogP contribution >= 0.6 is 11.3 Å². The van der Waals surface area contributed by atoms with Crippen molar-refractivity contribution < 1.29 is 4.42 Å². The van der Waals surface area contributed by atoms with E-state index in [0.29, 0.717) is 0 Å². The van der Waals surface area contributed by atoms with Crippen LogP contribution in [-0.2, 0) is 0 Å². The molecule has 0 saturated heterocycles. The second-order valence-corrected chi connectivity index (χ2v) is 15.7. The van der Waals surface area contributed by atoms with Crippen LogP contribution in [0.15, 0.2) is 186 Å². The predicted octanol–water partition coefficient (Wildman–Crippen LogP) is 10.9. The molecule has 0 saturated carbocycles. The highest BCUT2D eigenvalue weighted by atomic mass is 32.1. The van der Waals surface area contributed by atoms with Crippen molar-refractivity contribution in [1.82, 2.24) is 0 Å². The number of thiophene rings is 1. The Labute approximate surface area is 331 Å². The summed E-state index contributed by atoms with van der Waals surface area (Å²) >= 11 is 1.87. The second-order valence-electron chi connectivity index (χ2n) is 14.7. The maximum absolute atomic E-state index is 6.48. The summed E-state index contributed by atoms with van der Waals surface area (Å²) in [5.74, 6) is 0.886. The Morgan fingerprint density at radius 3 is 1.59 bits per heavy atom. The van der Waals surface area contributed by atoms with Gasteiger partial charge in [-0.05, 0) is 89.7 Å². The average molecular weight is 739 g/mol. The minimum absolute atomic E-state index is 0.0316. The van der Waals surface area contributed by atoms with Crippen LogP contribution in [0.3, 0.4) is 0 Å². The number of hydrogen-bond donors (Lipinski definition) is 0.